The zero-order chi connectivity index (χ0) is 12.8. The van der Waals surface area contributed by atoms with Gasteiger partial charge in [-0.25, -0.2) is 9.18 Å². The minimum Gasteiger partial charge on any atom is -0.396 e. The molecule has 1 aromatic carbocycles. The van der Waals surface area contributed by atoms with Gasteiger partial charge in [0.2, 0.25) is 0 Å². The van der Waals surface area contributed by atoms with Crippen LogP contribution in [-0.4, -0.2) is 23.8 Å². The summed E-state index contributed by atoms with van der Waals surface area (Å²) in [5, 5.41) is 13.7. The van der Waals surface area contributed by atoms with E-state index in [1.54, 1.807) is 13.0 Å². The predicted molar refractivity (Wildman–Crippen MR) is 67.4 cm³/mol. The summed E-state index contributed by atoms with van der Waals surface area (Å²) in [6.45, 7) is 1.75. The van der Waals surface area contributed by atoms with Crippen LogP contribution in [0, 0.1) is 5.82 Å². The molecule has 0 heterocycles. The quantitative estimate of drug-likeness (QED) is 0.800. The normalized spacial score (nSPS) is 12.0. The average molecular weight is 305 g/mol. The number of urea groups is 1. The first-order valence-electron chi connectivity index (χ1n) is 5.16. The van der Waals surface area contributed by atoms with Crippen molar-refractivity contribution in [3.05, 3.63) is 28.5 Å². The summed E-state index contributed by atoms with van der Waals surface area (Å²) in [6.07, 6.45) is 0.453. The molecule has 1 atom stereocenters. The Morgan fingerprint density at radius 1 is 1.59 bits per heavy atom. The van der Waals surface area contributed by atoms with Gasteiger partial charge in [-0.3, -0.25) is 0 Å². The van der Waals surface area contributed by atoms with Crippen LogP contribution in [0.5, 0.6) is 0 Å². The number of nitrogens with one attached hydrogen (secondary N) is 2. The highest BCUT2D eigenvalue weighted by molar-refractivity contribution is 9.10. The minimum absolute atomic E-state index is 0.00725. The van der Waals surface area contributed by atoms with Crippen LogP contribution < -0.4 is 10.6 Å². The number of hydrogen-bond acceptors (Lipinski definition) is 2. The van der Waals surface area contributed by atoms with Crippen LogP contribution >= 0.6 is 15.9 Å². The first-order chi connectivity index (χ1) is 8.02. The molecule has 0 radical (unpaired) electrons. The molecule has 0 saturated heterocycles. The minimum atomic E-state index is -0.502. The smallest absolute Gasteiger partial charge is 0.319 e. The van der Waals surface area contributed by atoms with E-state index in [1.807, 2.05) is 0 Å². The zero-order valence-electron chi connectivity index (χ0n) is 9.34. The molecule has 6 heteroatoms. The maximum Gasteiger partial charge on any atom is 0.319 e. The Balaban J connectivity index is 2.58. The molecule has 0 aliphatic rings. The molecule has 3 N–H and O–H groups in total. The van der Waals surface area contributed by atoms with E-state index in [1.165, 1.54) is 12.1 Å². The van der Waals surface area contributed by atoms with Crippen molar-refractivity contribution in [2.75, 3.05) is 11.9 Å². The van der Waals surface area contributed by atoms with Crippen LogP contribution in [0.25, 0.3) is 0 Å². The lowest BCUT2D eigenvalue weighted by molar-refractivity contribution is 0.241. The summed E-state index contributed by atoms with van der Waals surface area (Å²) in [5.41, 5.74) is 0.105. The third-order valence-electron chi connectivity index (χ3n) is 2.12. The van der Waals surface area contributed by atoms with Gasteiger partial charge in [-0.05, 0) is 31.5 Å². The number of anilines is 1. The first-order valence-corrected chi connectivity index (χ1v) is 5.95. The van der Waals surface area contributed by atoms with Gasteiger partial charge >= 0.3 is 6.03 Å². The fourth-order valence-electron chi connectivity index (χ4n) is 1.24. The van der Waals surface area contributed by atoms with Crippen LogP contribution in [0.1, 0.15) is 13.3 Å². The summed E-state index contributed by atoms with van der Waals surface area (Å²) < 4.78 is 14.0. The second-order valence-electron chi connectivity index (χ2n) is 3.64. The van der Waals surface area contributed by atoms with Crippen molar-refractivity contribution in [2.45, 2.75) is 19.4 Å². The topological polar surface area (TPSA) is 61.4 Å². The highest BCUT2D eigenvalue weighted by Gasteiger charge is 2.09. The number of aliphatic hydroxyl groups is 1. The number of carbonyl (C=O) groups is 1. The maximum absolute atomic E-state index is 13.3. The Bertz CT molecular complexity index is 401. The lowest BCUT2D eigenvalue weighted by Gasteiger charge is -2.13. The monoisotopic (exact) mass is 304 g/mol. The molecule has 0 aliphatic carbocycles. The second kappa shape index (κ2) is 6.56. The molecule has 94 valence electrons. The van der Waals surface area contributed by atoms with Crippen LogP contribution in [0.4, 0.5) is 14.9 Å². The molecule has 2 amide bonds. The van der Waals surface area contributed by atoms with Crippen molar-refractivity contribution in [1.29, 1.82) is 0 Å². The predicted octanol–water partition coefficient (Wildman–Crippen LogP) is 2.48. The van der Waals surface area contributed by atoms with Gasteiger partial charge in [0.25, 0.3) is 0 Å². The van der Waals surface area contributed by atoms with Gasteiger partial charge in [-0.15, -0.1) is 0 Å². The summed E-state index contributed by atoms with van der Waals surface area (Å²) in [6, 6.07) is 3.62. The number of hydrogen-bond donors (Lipinski definition) is 3. The Labute approximate surface area is 107 Å². The van der Waals surface area contributed by atoms with Crippen LogP contribution in [-0.2, 0) is 0 Å². The van der Waals surface area contributed by atoms with Gasteiger partial charge < -0.3 is 15.7 Å². The van der Waals surface area contributed by atoms with E-state index >= 15 is 0 Å². The van der Waals surface area contributed by atoms with E-state index in [-0.39, 0.29) is 18.3 Å². The Hall–Kier alpha value is -1.14. The fraction of sp³-hybridized carbons (Fsp3) is 0.364. The van der Waals surface area contributed by atoms with Gasteiger partial charge in [-0.2, -0.15) is 0 Å². The summed E-state index contributed by atoms with van der Waals surface area (Å²) in [7, 11) is 0. The molecular weight excluding hydrogens is 291 g/mol. The highest BCUT2D eigenvalue weighted by atomic mass is 79.9. The summed E-state index contributed by atoms with van der Waals surface area (Å²) in [5.74, 6) is -0.502. The second-order valence-corrected chi connectivity index (χ2v) is 4.55. The molecule has 17 heavy (non-hydrogen) atoms. The summed E-state index contributed by atoms with van der Waals surface area (Å²) >= 11 is 3.19. The lowest BCUT2D eigenvalue weighted by Crippen LogP contribution is -2.36. The third kappa shape index (κ3) is 4.70. The fourth-order valence-corrected chi connectivity index (χ4v) is 1.60. The largest absolute Gasteiger partial charge is 0.396 e. The Kier molecular flexibility index (Phi) is 5.37. The number of amides is 2. The number of carbonyl (C=O) groups excluding carboxylic acids is 1. The molecule has 0 unspecified atom stereocenters. The molecule has 0 spiro atoms. The van der Waals surface area contributed by atoms with Gasteiger partial charge in [0.1, 0.15) is 5.82 Å². The van der Waals surface area contributed by atoms with Crippen molar-refractivity contribution < 1.29 is 14.3 Å². The standard InChI is InChI=1S/C11H14BrFN2O2/c1-7(4-5-16)14-11(17)15-10-6-8(12)2-3-9(10)13/h2-3,6-7,16H,4-5H2,1H3,(H2,14,15,17)/t7-/m1/s1. The zero-order valence-corrected chi connectivity index (χ0v) is 10.9. The van der Waals surface area contributed by atoms with Crippen molar-refractivity contribution in [3.8, 4) is 0 Å². The molecule has 0 saturated carbocycles. The third-order valence-corrected chi connectivity index (χ3v) is 2.61. The van der Waals surface area contributed by atoms with Gasteiger partial charge in [0.15, 0.2) is 0 Å². The Morgan fingerprint density at radius 3 is 2.94 bits per heavy atom. The molecule has 0 aromatic heterocycles. The lowest BCUT2D eigenvalue weighted by atomic mass is 10.2. The maximum atomic E-state index is 13.3. The van der Waals surface area contributed by atoms with Crippen molar-refractivity contribution in [2.24, 2.45) is 0 Å². The highest BCUT2D eigenvalue weighted by Crippen LogP contribution is 2.19. The van der Waals surface area contributed by atoms with E-state index in [0.29, 0.717) is 10.9 Å². The van der Waals surface area contributed by atoms with E-state index in [0.717, 1.165) is 0 Å². The van der Waals surface area contributed by atoms with Gasteiger partial charge in [0, 0.05) is 17.1 Å². The average Bonchev–Trinajstić information content (AvgIpc) is 2.23. The molecular formula is C11H14BrFN2O2. The van der Waals surface area contributed by atoms with E-state index < -0.39 is 11.8 Å². The number of benzene rings is 1. The molecule has 0 bridgehead atoms. The SMILES string of the molecule is C[C@H](CCO)NC(=O)Nc1cc(Br)ccc1F. The summed E-state index contributed by atoms with van der Waals surface area (Å²) in [4.78, 5) is 11.5. The van der Waals surface area contributed by atoms with Crippen molar-refractivity contribution in [1.82, 2.24) is 5.32 Å². The van der Waals surface area contributed by atoms with Crippen LogP contribution in [0.2, 0.25) is 0 Å². The number of aliphatic hydroxyl groups excluding tert-OH is 1. The molecule has 0 aliphatic heterocycles. The van der Waals surface area contributed by atoms with Crippen molar-refractivity contribution in [3.63, 3.8) is 0 Å². The molecule has 4 nitrogen and oxygen atoms in total. The van der Waals surface area contributed by atoms with E-state index in [9.17, 15) is 9.18 Å². The number of halogens is 2. The van der Waals surface area contributed by atoms with Crippen molar-refractivity contribution >= 4 is 27.6 Å². The molecule has 1 aromatic rings. The van der Waals surface area contributed by atoms with E-state index in [4.69, 9.17) is 5.11 Å². The Morgan fingerprint density at radius 2 is 2.29 bits per heavy atom. The first kappa shape index (κ1) is 13.9. The molecule has 1 rings (SSSR count). The van der Waals surface area contributed by atoms with E-state index in [2.05, 4.69) is 26.6 Å². The van der Waals surface area contributed by atoms with Crippen LogP contribution in [0.3, 0.4) is 0 Å². The number of rotatable bonds is 4. The van der Waals surface area contributed by atoms with Crippen LogP contribution in [0.15, 0.2) is 22.7 Å². The van der Waals surface area contributed by atoms with Gasteiger partial charge in [0.05, 0.1) is 5.69 Å². The van der Waals surface area contributed by atoms with Gasteiger partial charge in [-0.1, -0.05) is 15.9 Å². The molecule has 0 fully saturated rings.